The molecule has 6 heteroatoms. The Morgan fingerprint density at radius 2 is 2.00 bits per heavy atom. The van der Waals surface area contributed by atoms with E-state index in [0.717, 1.165) is 26.2 Å². The van der Waals surface area contributed by atoms with E-state index in [1.54, 1.807) is 12.1 Å². The first kappa shape index (κ1) is 18.2. The molecule has 1 amide bonds. The van der Waals surface area contributed by atoms with Crippen LogP contribution in [0, 0.1) is 5.82 Å². The summed E-state index contributed by atoms with van der Waals surface area (Å²) in [5, 5.41) is 2.99. The van der Waals surface area contributed by atoms with Crippen molar-refractivity contribution < 1.29 is 9.18 Å². The molecule has 1 N–H and O–H groups in total. The molecule has 1 heterocycles. The van der Waals surface area contributed by atoms with Crippen LogP contribution in [0.4, 0.5) is 4.39 Å². The number of hydrogen-bond acceptors (Lipinski definition) is 4. The number of rotatable bonds is 7. The molecule has 0 aliphatic carbocycles. The number of nitrogens with zero attached hydrogens (tertiary/aromatic N) is 2. The maximum absolute atomic E-state index is 13.5. The first-order valence-electron chi connectivity index (χ1n) is 8.13. The van der Waals surface area contributed by atoms with Crippen molar-refractivity contribution >= 4 is 17.7 Å². The summed E-state index contributed by atoms with van der Waals surface area (Å²) in [6.45, 7) is 7.09. The smallest absolute Gasteiger partial charge is 0.220 e. The van der Waals surface area contributed by atoms with Crippen LogP contribution in [-0.2, 0) is 4.79 Å². The second kappa shape index (κ2) is 9.25. The molecule has 1 fully saturated rings. The summed E-state index contributed by atoms with van der Waals surface area (Å²) in [4.78, 5) is 17.2. The third kappa shape index (κ3) is 6.12. The summed E-state index contributed by atoms with van der Waals surface area (Å²) in [7, 11) is 2.14. The Morgan fingerprint density at radius 1 is 1.30 bits per heavy atom. The minimum Gasteiger partial charge on any atom is -0.355 e. The van der Waals surface area contributed by atoms with E-state index in [1.807, 2.05) is 6.07 Å². The van der Waals surface area contributed by atoms with Crippen LogP contribution in [0.15, 0.2) is 29.2 Å². The van der Waals surface area contributed by atoms with E-state index in [0.29, 0.717) is 29.7 Å². The quantitative estimate of drug-likeness (QED) is 0.772. The van der Waals surface area contributed by atoms with E-state index >= 15 is 0 Å². The zero-order valence-corrected chi connectivity index (χ0v) is 14.7. The van der Waals surface area contributed by atoms with Crippen molar-refractivity contribution in [3.63, 3.8) is 0 Å². The zero-order chi connectivity index (χ0) is 16.7. The number of piperazine rings is 1. The maximum Gasteiger partial charge on any atom is 0.220 e. The van der Waals surface area contributed by atoms with Crippen LogP contribution in [0.3, 0.4) is 0 Å². The molecule has 1 aromatic rings. The molecule has 0 saturated carbocycles. The molecule has 128 valence electrons. The van der Waals surface area contributed by atoms with Gasteiger partial charge in [0.25, 0.3) is 0 Å². The highest BCUT2D eigenvalue weighted by molar-refractivity contribution is 7.99. The Morgan fingerprint density at radius 3 is 2.70 bits per heavy atom. The third-order valence-corrected chi connectivity index (χ3v) is 5.23. The Bertz CT molecular complexity index is 506. The molecule has 0 bridgehead atoms. The molecular weight excluding hydrogens is 313 g/mol. The lowest BCUT2D eigenvalue weighted by molar-refractivity contribution is -0.120. The highest BCUT2D eigenvalue weighted by atomic mass is 32.2. The first-order chi connectivity index (χ1) is 11.1. The minimum atomic E-state index is -0.221. The minimum absolute atomic E-state index is 0.0369. The number of benzene rings is 1. The van der Waals surface area contributed by atoms with Gasteiger partial charge in [0, 0.05) is 55.8 Å². The molecule has 23 heavy (non-hydrogen) atoms. The van der Waals surface area contributed by atoms with Gasteiger partial charge in [-0.15, -0.1) is 11.8 Å². The summed E-state index contributed by atoms with van der Waals surface area (Å²) >= 11 is 1.39. The fraction of sp³-hybridized carbons (Fsp3) is 0.588. The lowest BCUT2D eigenvalue weighted by atomic mass is 10.2. The molecule has 1 atom stereocenters. The Kier molecular flexibility index (Phi) is 7.33. The summed E-state index contributed by atoms with van der Waals surface area (Å²) < 4.78 is 13.5. The van der Waals surface area contributed by atoms with E-state index in [1.165, 1.54) is 17.8 Å². The number of carbonyl (C=O) groups excluding carboxylic acids is 1. The standard InChI is InChI=1S/C17H26FN3OS/c1-14(21-10-8-20(2)9-11-21)13-19-17(22)7-12-23-16-6-4-3-5-15(16)18/h3-6,14H,7-13H2,1-2H3,(H,19,22)/t14-/m1/s1. The number of likely N-dealkylation sites (N-methyl/N-ethyl adjacent to an activating group) is 1. The lowest BCUT2D eigenvalue weighted by Gasteiger charge is -2.36. The summed E-state index contributed by atoms with van der Waals surface area (Å²) in [5.74, 6) is 0.409. The lowest BCUT2D eigenvalue weighted by Crippen LogP contribution is -2.51. The Balaban J connectivity index is 1.62. The third-order valence-electron chi connectivity index (χ3n) is 4.18. The molecule has 0 spiro atoms. The molecule has 0 radical (unpaired) electrons. The molecule has 2 rings (SSSR count). The van der Waals surface area contributed by atoms with Gasteiger partial charge in [0.2, 0.25) is 5.91 Å². The molecule has 1 saturated heterocycles. The van der Waals surface area contributed by atoms with Crippen LogP contribution < -0.4 is 5.32 Å². The van der Waals surface area contributed by atoms with Crippen LogP contribution in [0.1, 0.15) is 13.3 Å². The number of hydrogen-bond donors (Lipinski definition) is 1. The van der Waals surface area contributed by atoms with Crippen LogP contribution in [0.2, 0.25) is 0 Å². The van der Waals surface area contributed by atoms with Gasteiger partial charge in [0.15, 0.2) is 0 Å². The van der Waals surface area contributed by atoms with Crippen molar-refractivity contribution in [1.82, 2.24) is 15.1 Å². The average Bonchev–Trinajstić information content (AvgIpc) is 2.55. The van der Waals surface area contributed by atoms with Crippen molar-refractivity contribution in [1.29, 1.82) is 0 Å². The predicted octanol–water partition coefficient (Wildman–Crippen LogP) is 2.06. The van der Waals surface area contributed by atoms with Gasteiger partial charge < -0.3 is 10.2 Å². The zero-order valence-electron chi connectivity index (χ0n) is 13.9. The Hall–Kier alpha value is -1.11. The van der Waals surface area contributed by atoms with Crippen molar-refractivity contribution in [2.24, 2.45) is 0 Å². The normalized spacial score (nSPS) is 17.9. The van der Waals surface area contributed by atoms with Gasteiger partial charge >= 0.3 is 0 Å². The van der Waals surface area contributed by atoms with E-state index in [-0.39, 0.29) is 11.7 Å². The highest BCUT2D eigenvalue weighted by Crippen LogP contribution is 2.21. The maximum atomic E-state index is 13.5. The van der Waals surface area contributed by atoms with Crippen LogP contribution in [0.25, 0.3) is 0 Å². The van der Waals surface area contributed by atoms with Crippen molar-refractivity contribution in [2.45, 2.75) is 24.3 Å². The van der Waals surface area contributed by atoms with E-state index in [2.05, 4.69) is 29.1 Å². The number of carbonyl (C=O) groups is 1. The van der Waals surface area contributed by atoms with E-state index in [9.17, 15) is 9.18 Å². The topological polar surface area (TPSA) is 35.6 Å². The fourth-order valence-corrected chi connectivity index (χ4v) is 3.45. The van der Waals surface area contributed by atoms with Gasteiger partial charge in [-0.05, 0) is 26.1 Å². The highest BCUT2D eigenvalue weighted by Gasteiger charge is 2.19. The Labute approximate surface area is 142 Å². The molecular formula is C17H26FN3OS. The number of halogens is 1. The summed E-state index contributed by atoms with van der Waals surface area (Å²) in [5.41, 5.74) is 0. The molecule has 1 aliphatic heterocycles. The molecule has 1 aromatic carbocycles. The van der Waals surface area contributed by atoms with E-state index < -0.39 is 0 Å². The van der Waals surface area contributed by atoms with Crippen LogP contribution in [-0.4, -0.2) is 67.3 Å². The van der Waals surface area contributed by atoms with Crippen LogP contribution in [0.5, 0.6) is 0 Å². The van der Waals surface area contributed by atoms with Crippen LogP contribution >= 0.6 is 11.8 Å². The van der Waals surface area contributed by atoms with Gasteiger partial charge in [0.05, 0.1) is 0 Å². The van der Waals surface area contributed by atoms with Gasteiger partial charge in [-0.3, -0.25) is 9.69 Å². The molecule has 0 aromatic heterocycles. The molecule has 1 aliphatic rings. The van der Waals surface area contributed by atoms with Gasteiger partial charge in [-0.25, -0.2) is 4.39 Å². The predicted molar refractivity (Wildman–Crippen MR) is 93.3 cm³/mol. The van der Waals surface area contributed by atoms with Crippen molar-refractivity contribution in [3.8, 4) is 0 Å². The monoisotopic (exact) mass is 339 g/mol. The number of amides is 1. The van der Waals surface area contributed by atoms with Gasteiger partial charge in [-0.2, -0.15) is 0 Å². The second-order valence-electron chi connectivity index (χ2n) is 6.02. The van der Waals surface area contributed by atoms with Gasteiger partial charge in [0.1, 0.15) is 5.82 Å². The summed E-state index contributed by atoms with van der Waals surface area (Å²) in [6, 6.07) is 7.02. The van der Waals surface area contributed by atoms with Gasteiger partial charge in [-0.1, -0.05) is 12.1 Å². The largest absolute Gasteiger partial charge is 0.355 e. The van der Waals surface area contributed by atoms with E-state index in [4.69, 9.17) is 0 Å². The fourth-order valence-electron chi connectivity index (χ4n) is 2.56. The number of thioether (sulfide) groups is 1. The SMILES string of the molecule is C[C@H](CNC(=O)CCSc1ccccc1F)N1CCN(C)CC1. The molecule has 4 nitrogen and oxygen atoms in total. The van der Waals surface area contributed by atoms with Crippen molar-refractivity contribution in [2.75, 3.05) is 45.5 Å². The first-order valence-corrected chi connectivity index (χ1v) is 9.11. The molecule has 0 unspecified atom stereocenters. The average molecular weight is 339 g/mol. The second-order valence-corrected chi connectivity index (χ2v) is 7.16. The van der Waals surface area contributed by atoms with Crippen molar-refractivity contribution in [3.05, 3.63) is 30.1 Å². The number of nitrogens with one attached hydrogen (secondary N) is 1. The summed E-state index contributed by atoms with van der Waals surface area (Å²) in [6.07, 6.45) is 0.411.